The molecule has 0 heterocycles. The van der Waals surface area contributed by atoms with E-state index in [0.29, 0.717) is 0 Å². The molecule has 0 aliphatic rings. The van der Waals surface area contributed by atoms with Gasteiger partial charge in [0, 0.05) is 0 Å². The second kappa shape index (κ2) is 10.8. The summed E-state index contributed by atoms with van der Waals surface area (Å²) in [7, 11) is 13.7. The Balaban J connectivity index is 2.04. The first-order valence-corrected chi connectivity index (χ1v) is 16.9. The number of hydrogen-bond donors (Lipinski definition) is 0. The van der Waals surface area contributed by atoms with Crippen molar-refractivity contribution in [1.29, 1.82) is 0 Å². The van der Waals surface area contributed by atoms with E-state index in [1.165, 1.54) is 11.1 Å². The van der Waals surface area contributed by atoms with Crippen molar-refractivity contribution in [1.82, 2.24) is 0 Å². The predicted octanol–water partition coefficient (Wildman–Crippen LogP) is 3.88. The Morgan fingerprint density at radius 1 is 0.680 bits per heavy atom. The zero-order valence-electron chi connectivity index (χ0n) is 14.8. The monoisotopic (exact) mass is 498 g/mol. The summed E-state index contributed by atoms with van der Waals surface area (Å²) in [5, 5.41) is 0. The fourth-order valence-electron chi connectivity index (χ4n) is 2.46. The van der Waals surface area contributed by atoms with E-state index in [9.17, 15) is 0 Å². The van der Waals surface area contributed by atoms with Crippen LogP contribution in [0.1, 0.15) is 25.0 Å². The van der Waals surface area contributed by atoms with E-state index < -0.39 is 15.9 Å². The summed E-state index contributed by atoms with van der Waals surface area (Å²) in [6.45, 7) is 7.00. The molecular weight excluding hydrogens is 471 g/mol. The van der Waals surface area contributed by atoms with Crippen molar-refractivity contribution in [3.05, 3.63) is 59.7 Å². The van der Waals surface area contributed by atoms with E-state index in [4.69, 9.17) is 27.4 Å². The van der Waals surface area contributed by atoms with E-state index in [-0.39, 0.29) is 0 Å². The van der Waals surface area contributed by atoms with Crippen LogP contribution in [-0.4, -0.2) is 42.4 Å². The molecule has 0 N–H and O–H groups in total. The Hall–Kier alpha value is -0.270. The summed E-state index contributed by atoms with van der Waals surface area (Å²) < 4.78 is 12.9. The molecule has 0 saturated heterocycles. The van der Waals surface area contributed by atoms with Crippen molar-refractivity contribution in [2.45, 2.75) is 26.7 Å². The quantitative estimate of drug-likeness (QED) is 0.367. The molecule has 2 rings (SSSR count). The van der Waals surface area contributed by atoms with Gasteiger partial charge in [0.1, 0.15) is 0 Å². The molecule has 0 atom stereocenters. The van der Waals surface area contributed by atoms with Crippen LogP contribution in [0.2, 0.25) is 0 Å². The number of benzene rings is 2. The molecule has 5 heteroatoms. The van der Waals surface area contributed by atoms with Gasteiger partial charge in [0.05, 0.1) is 0 Å². The fraction of sp³-hybridized carbons (Fsp3) is 0.400. The summed E-state index contributed by atoms with van der Waals surface area (Å²) in [6, 6.07) is 16.7. The maximum absolute atomic E-state index is 6.85. The van der Waals surface area contributed by atoms with Crippen LogP contribution >= 0.6 is 17.9 Å². The summed E-state index contributed by atoms with van der Waals surface area (Å²) in [6.07, 6.45) is 1.82. The Bertz CT molecular complexity index is 572. The van der Waals surface area contributed by atoms with Crippen molar-refractivity contribution in [2.24, 2.45) is 0 Å². The molecule has 138 valence electrons. The van der Waals surface area contributed by atoms with Gasteiger partial charge in [-0.3, -0.25) is 0 Å². The van der Waals surface area contributed by atoms with Crippen LogP contribution in [0.15, 0.2) is 48.5 Å². The van der Waals surface area contributed by atoms with Crippen LogP contribution in [0, 0.1) is 0 Å². The van der Waals surface area contributed by atoms with Crippen LogP contribution < -0.4 is 7.22 Å². The van der Waals surface area contributed by atoms with Gasteiger partial charge in [-0.2, -0.15) is 0 Å². The molecule has 2 nitrogen and oxygen atoms in total. The maximum atomic E-state index is 6.85. The standard InChI is InChI=1S/C20H26Cl2O2Te/c1-3-23-15-13-17-5-9-19(10-6-17)25(21,22)20-11-7-18(8-12-20)14-16-24-4-2/h5-12H,3-4,13-16H2,1-2H3. The summed E-state index contributed by atoms with van der Waals surface area (Å²) >= 11 is -3.30. The van der Waals surface area contributed by atoms with Crippen LogP contribution in [0.5, 0.6) is 0 Å². The third-order valence-electron chi connectivity index (χ3n) is 3.92. The minimum atomic E-state index is -3.30. The number of rotatable bonds is 10. The topological polar surface area (TPSA) is 18.5 Å². The summed E-state index contributed by atoms with van der Waals surface area (Å²) in [5.74, 6) is 0. The molecule has 0 unspecified atom stereocenters. The van der Waals surface area contributed by atoms with Crippen molar-refractivity contribution in [2.75, 3.05) is 26.4 Å². The van der Waals surface area contributed by atoms with Gasteiger partial charge in [-0.05, 0) is 0 Å². The summed E-state index contributed by atoms with van der Waals surface area (Å²) in [4.78, 5) is 0. The zero-order valence-corrected chi connectivity index (χ0v) is 18.7. The van der Waals surface area contributed by atoms with Gasteiger partial charge in [-0.15, -0.1) is 0 Å². The second-order valence-electron chi connectivity index (χ2n) is 5.65. The molecule has 0 radical (unpaired) electrons. The molecule has 0 bridgehead atoms. The molecule has 0 aromatic heterocycles. The molecule has 2 aromatic carbocycles. The Kier molecular flexibility index (Phi) is 9.07. The van der Waals surface area contributed by atoms with Crippen LogP contribution in [-0.2, 0) is 22.3 Å². The molecule has 25 heavy (non-hydrogen) atoms. The third kappa shape index (κ3) is 6.43. The van der Waals surface area contributed by atoms with Crippen molar-refractivity contribution in [3.8, 4) is 0 Å². The van der Waals surface area contributed by atoms with E-state index in [1.54, 1.807) is 0 Å². The van der Waals surface area contributed by atoms with E-state index in [1.807, 2.05) is 13.8 Å². The van der Waals surface area contributed by atoms with Gasteiger partial charge < -0.3 is 0 Å². The molecule has 0 amide bonds. The molecule has 0 saturated carbocycles. The normalized spacial score (nSPS) is 12.3. The first-order chi connectivity index (χ1) is 12.1. The first kappa shape index (κ1) is 21.0. The molecule has 0 aliphatic heterocycles. The average Bonchev–Trinajstić information content (AvgIpc) is 2.63. The second-order valence-corrected chi connectivity index (χ2v) is 18.3. The van der Waals surface area contributed by atoms with Crippen molar-refractivity contribution >= 4 is 41.1 Å². The van der Waals surface area contributed by atoms with Crippen molar-refractivity contribution < 1.29 is 9.47 Å². The number of hydrogen-bond acceptors (Lipinski definition) is 2. The third-order valence-corrected chi connectivity index (χ3v) is 13.6. The fourth-order valence-corrected chi connectivity index (χ4v) is 8.72. The summed E-state index contributed by atoms with van der Waals surface area (Å²) in [5.41, 5.74) is 2.49. The molecule has 0 fully saturated rings. The minimum absolute atomic E-state index is 0.744. The van der Waals surface area contributed by atoms with Gasteiger partial charge in [0.15, 0.2) is 0 Å². The van der Waals surface area contributed by atoms with E-state index in [0.717, 1.165) is 46.5 Å². The van der Waals surface area contributed by atoms with Gasteiger partial charge in [0.25, 0.3) is 0 Å². The number of ether oxygens (including phenoxy) is 2. The molecule has 0 spiro atoms. The van der Waals surface area contributed by atoms with E-state index >= 15 is 0 Å². The SMILES string of the molecule is CCOCCc1ccc([Te](Cl)(Cl)c2ccc(CCOCC)cc2)cc1. The van der Waals surface area contributed by atoms with Gasteiger partial charge >= 0.3 is 163 Å². The van der Waals surface area contributed by atoms with Gasteiger partial charge in [-0.25, -0.2) is 0 Å². The Morgan fingerprint density at radius 3 is 1.36 bits per heavy atom. The molecule has 2 aromatic rings. The molecule has 0 aliphatic carbocycles. The van der Waals surface area contributed by atoms with Crippen molar-refractivity contribution in [3.63, 3.8) is 0 Å². The predicted molar refractivity (Wildman–Crippen MR) is 110 cm³/mol. The Morgan fingerprint density at radius 2 is 1.04 bits per heavy atom. The Labute approximate surface area is 162 Å². The van der Waals surface area contributed by atoms with Crippen LogP contribution in [0.4, 0.5) is 0 Å². The van der Waals surface area contributed by atoms with Gasteiger partial charge in [-0.1, -0.05) is 0 Å². The zero-order chi connectivity index (χ0) is 18.1. The number of halogens is 2. The molecular formula is C20H26Cl2O2Te. The van der Waals surface area contributed by atoms with Crippen LogP contribution in [0.25, 0.3) is 0 Å². The first-order valence-electron chi connectivity index (χ1n) is 8.64. The van der Waals surface area contributed by atoms with Gasteiger partial charge in [0.2, 0.25) is 0 Å². The average molecular weight is 497 g/mol. The van der Waals surface area contributed by atoms with E-state index in [2.05, 4.69) is 48.5 Å². The van der Waals surface area contributed by atoms with Crippen LogP contribution in [0.3, 0.4) is 0 Å².